The summed E-state index contributed by atoms with van der Waals surface area (Å²) in [6.45, 7) is 7.26. The summed E-state index contributed by atoms with van der Waals surface area (Å²) >= 11 is 0. The van der Waals surface area contributed by atoms with Crippen molar-refractivity contribution in [3.8, 4) is 0 Å². The van der Waals surface area contributed by atoms with Crippen LogP contribution in [0.3, 0.4) is 0 Å². The summed E-state index contributed by atoms with van der Waals surface area (Å²) in [7, 11) is 0. The molecule has 0 aliphatic heterocycles. The SMILES string of the molecule is [CH2]CCOCCCNC(C)=O. The second-order valence-corrected chi connectivity index (χ2v) is 2.30. The Balaban J connectivity index is 2.85. The highest BCUT2D eigenvalue weighted by Crippen LogP contribution is 1.83. The van der Waals surface area contributed by atoms with Gasteiger partial charge in [0.25, 0.3) is 0 Å². The summed E-state index contributed by atoms with van der Waals surface area (Å²) in [6.07, 6.45) is 1.68. The summed E-state index contributed by atoms with van der Waals surface area (Å²) in [5.41, 5.74) is 0. The van der Waals surface area contributed by atoms with Crippen LogP contribution in [0.15, 0.2) is 0 Å². The molecule has 0 heterocycles. The number of carbonyl (C=O) groups is 1. The molecule has 0 saturated carbocycles. The molecule has 0 atom stereocenters. The molecule has 0 saturated heterocycles. The largest absolute Gasteiger partial charge is 0.381 e. The van der Waals surface area contributed by atoms with Gasteiger partial charge in [-0.3, -0.25) is 4.79 Å². The van der Waals surface area contributed by atoms with Crippen molar-refractivity contribution in [2.45, 2.75) is 19.8 Å². The summed E-state index contributed by atoms with van der Waals surface area (Å²) in [4.78, 5) is 10.4. The molecule has 1 N–H and O–H groups in total. The highest BCUT2D eigenvalue weighted by Gasteiger charge is 1.90. The lowest BCUT2D eigenvalue weighted by Gasteiger charge is -2.02. The highest BCUT2D eigenvalue weighted by atomic mass is 16.5. The van der Waals surface area contributed by atoms with E-state index in [-0.39, 0.29) is 5.91 Å². The van der Waals surface area contributed by atoms with Crippen LogP contribution in [0.25, 0.3) is 0 Å². The number of rotatable bonds is 6. The second-order valence-electron chi connectivity index (χ2n) is 2.30. The number of hydrogen-bond acceptors (Lipinski definition) is 2. The number of ether oxygens (including phenoxy) is 1. The zero-order valence-corrected chi connectivity index (χ0v) is 7.06. The molecule has 0 aromatic rings. The van der Waals surface area contributed by atoms with Crippen molar-refractivity contribution in [3.05, 3.63) is 6.92 Å². The lowest BCUT2D eigenvalue weighted by atomic mass is 10.4. The summed E-state index contributed by atoms with van der Waals surface area (Å²) in [6, 6.07) is 0. The van der Waals surface area contributed by atoms with Crippen LogP contribution in [-0.2, 0) is 9.53 Å². The first-order valence-corrected chi connectivity index (χ1v) is 3.89. The Kier molecular flexibility index (Phi) is 7.15. The van der Waals surface area contributed by atoms with Crippen LogP contribution in [0.4, 0.5) is 0 Å². The van der Waals surface area contributed by atoms with Gasteiger partial charge in [0, 0.05) is 26.7 Å². The summed E-state index contributed by atoms with van der Waals surface area (Å²) < 4.78 is 5.15. The topological polar surface area (TPSA) is 38.3 Å². The molecule has 0 aromatic carbocycles. The predicted molar refractivity (Wildman–Crippen MR) is 44.1 cm³/mol. The Bertz CT molecular complexity index is 104. The van der Waals surface area contributed by atoms with E-state index in [1.165, 1.54) is 6.92 Å². The van der Waals surface area contributed by atoms with Gasteiger partial charge in [-0.2, -0.15) is 0 Å². The molecule has 0 aromatic heterocycles. The minimum Gasteiger partial charge on any atom is -0.381 e. The van der Waals surface area contributed by atoms with E-state index >= 15 is 0 Å². The van der Waals surface area contributed by atoms with Crippen LogP contribution < -0.4 is 5.32 Å². The van der Waals surface area contributed by atoms with Crippen LogP contribution in [0.1, 0.15) is 19.8 Å². The molecule has 0 rings (SSSR count). The quantitative estimate of drug-likeness (QED) is 0.579. The van der Waals surface area contributed by atoms with Crippen LogP contribution in [0, 0.1) is 6.92 Å². The minimum absolute atomic E-state index is 0.0159. The molecule has 1 radical (unpaired) electrons. The number of carbonyl (C=O) groups excluding carboxylic acids is 1. The van der Waals surface area contributed by atoms with E-state index in [2.05, 4.69) is 12.2 Å². The molecule has 3 heteroatoms. The van der Waals surface area contributed by atoms with Crippen molar-refractivity contribution in [2.24, 2.45) is 0 Å². The predicted octanol–water partition coefficient (Wildman–Crippen LogP) is 0.753. The molecule has 0 spiro atoms. The number of amides is 1. The first-order valence-electron chi connectivity index (χ1n) is 3.89. The third-order valence-corrected chi connectivity index (χ3v) is 1.13. The molecular formula is C8H16NO2. The van der Waals surface area contributed by atoms with E-state index in [4.69, 9.17) is 4.74 Å². The molecule has 0 aliphatic carbocycles. The first-order chi connectivity index (χ1) is 5.27. The van der Waals surface area contributed by atoms with E-state index in [0.717, 1.165) is 12.8 Å². The van der Waals surface area contributed by atoms with Crippen LogP contribution >= 0.6 is 0 Å². The van der Waals surface area contributed by atoms with Gasteiger partial charge in [0.15, 0.2) is 0 Å². The average molecular weight is 158 g/mol. The van der Waals surface area contributed by atoms with Gasteiger partial charge in [-0.25, -0.2) is 0 Å². The maximum atomic E-state index is 10.4. The first kappa shape index (κ1) is 10.4. The van der Waals surface area contributed by atoms with Gasteiger partial charge in [0.2, 0.25) is 5.91 Å². The Morgan fingerprint density at radius 2 is 2.27 bits per heavy atom. The van der Waals surface area contributed by atoms with Crippen molar-refractivity contribution >= 4 is 5.91 Å². The van der Waals surface area contributed by atoms with E-state index < -0.39 is 0 Å². The molecule has 0 bridgehead atoms. The van der Waals surface area contributed by atoms with Gasteiger partial charge >= 0.3 is 0 Å². The van der Waals surface area contributed by atoms with Crippen molar-refractivity contribution in [1.29, 1.82) is 0 Å². The van der Waals surface area contributed by atoms with Crippen LogP contribution in [0.5, 0.6) is 0 Å². The van der Waals surface area contributed by atoms with Gasteiger partial charge in [-0.1, -0.05) is 6.92 Å². The molecule has 0 unspecified atom stereocenters. The monoisotopic (exact) mass is 158 g/mol. The van der Waals surface area contributed by atoms with Crippen molar-refractivity contribution in [2.75, 3.05) is 19.8 Å². The molecular weight excluding hydrogens is 142 g/mol. The molecule has 0 aliphatic rings. The average Bonchev–Trinajstić information content (AvgIpc) is 1.96. The van der Waals surface area contributed by atoms with Gasteiger partial charge in [0.1, 0.15) is 0 Å². The van der Waals surface area contributed by atoms with E-state index in [0.29, 0.717) is 19.8 Å². The molecule has 3 nitrogen and oxygen atoms in total. The van der Waals surface area contributed by atoms with E-state index in [1.807, 2.05) is 0 Å². The number of nitrogens with one attached hydrogen (secondary N) is 1. The van der Waals surface area contributed by atoms with Gasteiger partial charge in [0.05, 0.1) is 0 Å². The molecule has 1 amide bonds. The van der Waals surface area contributed by atoms with Crippen molar-refractivity contribution in [3.63, 3.8) is 0 Å². The molecule has 0 fully saturated rings. The fourth-order valence-corrected chi connectivity index (χ4v) is 0.643. The normalized spacial score (nSPS) is 9.64. The van der Waals surface area contributed by atoms with Crippen LogP contribution in [0.2, 0.25) is 0 Å². The van der Waals surface area contributed by atoms with Gasteiger partial charge in [-0.15, -0.1) is 0 Å². The summed E-state index contributed by atoms with van der Waals surface area (Å²) in [5.74, 6) is 0.0159. The van der Waals surface area contributed by atoms with E-state index in [1.54, 1.807) is 0 Å². The zero-order valence-electron chi connectivity index (χ0n) is 7.06. The van der Waals surface area contributed by atoms with Crippen molar-refractivity contribution < 1.29 is 9.53 Å². The third-order valence-electron chi connectivity index (χ3n) is 1.13. The van der Waals surface area contributed by atoms with Crippen molar-refractivity contribution in [1.82, 2.24) is 5.32 Å². The van der Waals surface area contributed by atoms with Gasteiger partial charge < -0.3 is 10.1 Å². The Morgan fingerprint density at radius 1 is 1.55 bits per heavy atom. The minimum atomic E-state index is 0.0159. The fourth-order valence-electron chi connectivity index (χ4n) is 0.643. The lowest BCUT2D eigenvalue weighted by Crippen LogP contribution is -2.21. The molecule has 65 valence electrons. The second kappa shape index (κ2) is 7.54. The lowest BCUT2D eigenvalue weighted by molar-refractivity contribution is -0.119. The Hall–Kier alpha value is -0.570. The fraction of sp³-hybridized carbons (Fsp3) is 0.750. The van der Waals surface area contributed by atoms with Gasteiger partial charge in [-0.05, 0) is 12.8 Å². The smallest absolute Gasteiger partial charge is 0.216 e. The maximum Gasteiger partial charge on any atom is 0.216 e. The highest BCUT2D eigenvalue weighted by molar-refractivity contribution is 5.72. The maximum absolute atomic E-state index is 10.4. The zero-order chi connectivity index (χ0) is 8.53. The molecule has 11 heavy (non-hydrogen) atoms. The third kappa shape index (κ3) is 9.43. The summed E-state index contributed by atoms with van der Waals surface area (Å²) in [5, 5.41) is 2.69. The number of hydrogen-bond donors (Lipinski definition) is 1. The van der Waals surface area contributed by atoms with Crippen LogP contribution in [-0.4, -0.2) is 25.7 Å². The standard InChI is InChI=1S/C8H16NO2/c1-3-6-11-7-4-5-9-8(2)10/h1,3-7H2,2H3,(H,9,10). The van der Waals surface area contributed by atoms with E-state index in [9.17, 15) is 4.79 Å². The Labute approximate surface area is 68.1 Å². The Morgan fingerprint density at radius 3 is 2.82 bits per heavy atom.